The Hall–Kier alpha value is -4.54. The Kier molecular flexibility index (Phi) is 10.3. The lowest BCUT2D eigenvalue weighted by atomic mass is 10.0. The van der Waals surface area contributed by atoms with Gasteiger partial charge in [-0.25, -0.2) is 14.1 Å². The van der Waals surface area contributed by atoms with Crippen molar-refractivity contribution < 1.29 is 55.2 Å². The zero-order valence-electron chi connectivity index (χ0n) is 22.4. The Balaban J connectivity index is 1.86. The van der Waals surface area contributed by atoms with Crippen molar-refractivity contribution in [3.8, 4) is 5.75 Å². The van der Waals surface area contributed by atoms with Crippen LogP contribution >= 0.6 is 11.3 Å². The number of hydrogen-bond donors (Lipinski definition) is 6. The molecule has 1 aliphatic rings. The summed E-state index contributed by atoms with van der Waals surface area (Å²) in [6, 6.07) is 2.89. The third kappa shape index (κ3) is 7.89. The Labute approximate surface area is 250 Å². The molecule has 1 aliphatic heterocycles. The number of aromatic nitrogens is 1. The SMILES string of the molecule is C[C@H]1[C@H](NC(=O)/C(=N\OC(COc2ccc(C(N)=NCCN)cc2)C(=O)O)c2nc(N)sc2C(F)(F)F)C(=O)N1S(=O)(=O)O. The van der Waals surface area contributed by atoms with Crippen LogP contribution in [0.1, 0.15) is 23.1 Å². The number of carbonyl (C=O) groups is 3. The fraction of sp³-hybridized carbons (Fsp3) is 0.364. The van der Waals surface area contributed by atoms with Crippen LogP contribution in [0.5, 0.6) is 5.75 Å². The van der Waals surface area contributed by atoms with E-state index in [0.29, 0.717) is 12.1 Å². The number of aliphatic imine (C=N–C) groups is 1. The number of ether oxygens (including phenoxy) is 1. The molecule has 3 rings (SSSR count). The number of benzene rings is 1. The van der Waals surface area contributed by atoms with Gasteiger partial charge in [0.15, 0.2) is 10.8 Å². The van der Waals surface area contributed by atoms with Gasteiger partial charge in [0.25, 0.3) is 17.9 Å². The normalized spacial score (nSPS) is 18.4. The van der Waals surface area contributed by atoms with Crippen molar-refractivity contribution in [1.82, 2.24) is 14.6 Å². The smallest absolute Gasteiger partial charge is 0.427 e. The van der Waals surface area contributed by atoms with Gasteiger partial charge in [0, 0.05) is 12.1 Å². The fourth-order valence-corrected chi connectivity index (χ4v) is 5.21. The highest BCUT2D eigenvalue weighted by Crippen LogP contribution is 2.38. The molecule has 1 unspecified atom stereocenters. The number of carboxylic acids is 1. The summed E-state index contributed by atoms with van der Waals surface area (Å²) in [6.07, 6.45) is -7.09. The molecule has 0 bridgehead atoms. The van der Waals surface area contributed by atoms with Gasteiger partial charge in [-0.05, 0) is 31.2 Å². The molecule has 1 aromatic carbocycles. The van der Waals surface area contributed by atoms with Gasteiger partial charge in [-0.1, -0.05) is 16.5 Å². The van der Waals surface area contributed by atoms with E-state index in [2.05, 4.69) is 15.1 Å². The molecule has 3 atom stereocenters. The molecular weight excluding hydrogens is 641 g/mol. The maximum atomic E-state index is 13.7. The lowest BCUT2D eigenvalue weighted by Gasteiger charge is -2.42. The number of amides is 2. The molecule has 0 saturated carbocycles. The standard InChI is InChI=1S/C22H25F3N8O9S2/c1-9-13(19(35)33(9)44(38,39)40)30-18(34)15(14-16(22(23,24)25)43-21(28)31-14)32-42-12(20(36)37)8-41-11-4-2-10(3-5-11)17(27)29-7-6-26/h2-5,9,12-13H,6-8,26H2,1H3,(H2,27,29)(H2,28,31)(H,30,34)(H,36,37)(H,38,39,40)/b32-15-/t9-,12?,13-/m0/s1. The molecule has 17 nitrogen and oxygen atoms in total. The number of nitrogens with zero attached hydrogens (tertiary/aromatic N) is 4. The largest absolute Gasteiger partial charge is 0.489 e. The minimum absolute atomic E-state index is 0.0267. The van der Waals surface area contributed by atoms with Crippen molar-refractivity contribution in [3.63, 3.8) is 0 Å². The summed E-state index contributed by atoms with van der Waals surface area (Å²) in [4.78, 5) is 47.9. The topological polar surface area (TPSA) is 275 Å². The van der Waals surface area contributed by atoms with Gasteiger partial charge >= 0.3 is 22.4 Å². The van der Waals surface area contributed by atoms with Crippen LogP contribution in [0.4, 0.5) is 18.3 Å². The summed E-state index contributed by atoms with van der Waals surface area (Å²) in [5, 5.41) is 14.2. The van der Waals surface area contributed by atoms with E-state index in [-0.39, 0.29) is 33.8 Å². The van der Waals surface area contributed by atoms with Gasteiger partial charge in [0.05, 0.1) is 12.6 Å². The zero-order valence-corrected chi connectivity index (χ0v) is 24.0. The number of oxime groups is 1. The van der Waals surface area contributed by atoms with Crippen molar-refractivity contribution in [2.24, 2.45) is 21.6 Å². The van der Waals surface area contributed by atoms with E-state index in [1.165, 1.54) is 24.3 Å². The number of amidine groups is 1. The molecule has 1 saturated heterocycles. The van der Waals surface area contributed by atoms with Gasteiger partial charge in [-0.15, -0.1) is 0 Å². The van der Waals surface area contributed by atoms with E-state index in [1.807, 2.05) is 5.32 Å². The molecule has 22 heteroatoms. The van der Waals surface area contributed by atoms with Crippen LogP contribution in [0.25, 0.3) is 0 Å². The van der Waals surface area contributed by atoms with Crippen LogP contribution < -0.4 is 27.3 Å². The van der Waals surface area contributed by atoms with Crippen molar-refractivity contribution in [2.45, 2.75) is 31.3 Å². The summed E-state index contributed by atoms with van der Waals surface area (Å²) >= 11 is -0.0609. The first-order chi connectivity index (χ1) is 20.4. The molecule has 44 heavy (non-hydrogen) atoms. The number of aliphatic carboxylic acids is 1. The van der Waals surface area contributed by atoms with Crippen LogP contribution in [0, 0.1) is 0 Å². The number of alkyl halides is 3. The predicted molar refractivity (Wildman–Crippen MR) is 147 cm³/mol. The molecule has 2 heterocycles. The molecule has 9 N–H and O–H groups in total. The summed E-state index contributed by atoms with van der Waals surface area (Å²) < 4.78 is 78.3. The molecule has 2 aromatic rings. The maximum absolute atomic E-state index is 13.7. The molecule has 240 valence electrons. The number of halogens is 3. The minimum Gasteiger partial charge on any atom is -0.489 e. The lowest BCUT2D eigenvalue weighted by Crippen LogP contribution is -2.71. The van der Waals surface area contributed by atoms with Crippen LogP contribution in [0.15, 0.2) is 34.4 Å². The predicted octanol–water partition coefficient (Wildman–Crippen LogP) is -0.821. The average Bonchev–Trinajstić information content (AvgIpc) is 3.33. The summed E-state index contributed by atoms with van der Waals surface area (Å²) in [5.41, 5.74) is 14.7. The number of rotatable bonds is 13. The van der Waals surface area contributed by atoms with Gasteiger partial charge < -0.3 is 37.2 Å². The maximum Gasteiger partial charge on any atom is 0.427 e. The van der Waals surface area contributed by atoms with Gasteiger partial charge in [0.1, 0.15) is 34.8 Å². The first-order valence-corrected chi connectivity index (χ1v) is 14.3. The number of nitrogens with two attached hydrogens (primary N) is 3. The number of nitrogen functional groups attached to an aromatic ring is 1. The second-order valence-corrected chi connectivity index (χ2v) is 11.1. The number of carboxylic acid groups (broad SMARTS) is 1. The average molecular weight is 667 g/mol. The summed E-state index contributed by atoms with van der Waals surface area (Å²) in [6.45, 7) is 0.930. The van der Waals surface area contributed by atoms with Crippen molar-refractivity contribution in [3.05, 3.63) is 40.4 Å². The third-order valence-corrected chi connectivity index (χ3v) is 7.66. The van der Waals surface area contributed by atoms with Gasteiger partial charge in [0.2, 0.25) is 0 Å². The summed E-state index contributed by atoms with van der Waals surface area (Å²) in [7, 11) is -4.99. The van der Waals surface area contributed by atoms with Crippen molar-refractivity contribution in [2.75, 3.05) is 25.4 Å². The molecular formula is C22H25F3N8O9S2. The third-order valence-electron chi connectivity index (χ3n) is 5.72. The first-order valence-electron chi connectivity index (χ1n) is 12.1. The van der Waals surface area contributed by atoms with E-state index in [9.17, 15) is 41.1 Å². The first kappa shape index (κ1) is 34.0. The van der Waals surface area contributed by atoms with E-state index in [4.69, 9.17) is 31.3 Å². The van der Waals surface area contributed by atoms with Crippen LogP contribution in [0.3, 0.4) is 0 Å². The highest BCUT2D eigenvalue weighted by molar-refractivity contribution is 7.84. The molecule has 1 fully saturated rings. The van der Waals surface area contributed by atoms with Gasteiger partial charge in [-0.3, -0.25) is 19.1 Å². The van der Waals surface area contributed by atoms with Crippen molar-refractivity contribution in [1.29, 1.82) is 0 Å². The molecule has 1 aromatic heterocycles. The number of anilines is 1. The van der Waals surface area contributed by atoms with E-state index in [1.54, 1.807) is 0 Å². The molecule has 0 radical (unpaired) electrons. The Morgan fingerprint density at radius 2 is 1.91 bits per heavy atom. The highest BCUT2D eigenvalue weighted by atomic mass is 32.2. The quantitative estimate of drug-likeness (QED) is 0.0502. The van der Waals surface area contributed by atoms with Crippen LogP contribution in [0.2, 0.25) is 0 Å². The van der Waals surface area contributed by atoms with E-state index >= 15 is 0 Å². The number of carbonyl (C=O) groups excluding carboxylic acids is 2. The van der Waals surface area contributed by atoms with Gasteiger partial charge in [-0.2, -0.15) is 21.6 Å². The second-order valence-electron chi connectivity index (χ2n) is 8.79. The summed E-state index contributed by atoms with van der Waals surface area (Å²) in [5.74, 6) is -4.21. The molecule has 0 aliphatic carbocycles. The van der Waals surface area contributed by atoms with Crippen LogP contribution in [-0.4, -0.2) is 94.6 Å². The molecule has 0 spiro atoms. The van der Waals surface area contributed by atoms with E-state index < -0.39 is 80.5 Å². The number of thiazole rings is 1. The Morgan fingerprint density at radius 1 is 1.27 bits per heavy atom. The number of nitrogens with one attached hydrogen (secondary N) is 1. The van der Waals surface area contributed by atoms with Crippen LogP contribution in [-0.2, 0) is 35.7 Å². The minimum atomic E-state index is -5.10. The Bertz CT molecular complexity index is 1580. The van der Waals surface area contributed by atoms with Crippen molar-refractivity contribution >= 4 is 56.1 Å². The lowest BCUT2D eigenvalue weighted by molar-refractivity contribution is -0.152. The number of hydrogen-bond acceptors (Lipinski definition) is 13. The second kappa shape index (κ2) is 13.4. The highest BCUT2D eigenvalue weighted by Gasteiger charge is 2.52. The number of β-lactam (4-membered cyclic amide) rings is 1. The Morgan fingerprint density at radius 3 is 2.43 bits per heavy atom. The molecule has 2 amide bonds. The zero-order chi connectivity index (χ0) is 33.0. The fourth-order valence-electron chi connectivity index (χ4n) is 3.63. The monoisotopic (exact) mass is 666 g/mol. The van der Waals surface area contributed by atoms with E-state index in [0.717, 1.165) is 6.92 Å².